The highest BCUT2D eigenvalue weighted by atomic mass is 79.9. The summed E-state index contributed by atoms with van der Waals surface area (Å²) in [6.07, 6.45) is 0.485. The van der Waals surface area contributed by atoms with Gasteiger partial charge in [0, 0.05) is 4.47 Å². The number of carbonyl (C=O) groups is 2. The van der Waals surface area contributed by atoms with Crippen molar-refractivity contribution in [3.8, 4) is 0 Å². The van der Waals surface area contributed by atoms with E-state index in [2.05, 4.69) is 15.9 Å². The molecule has 1 aromatic rings. The normalized spacial score (nSPS) is 13.9. The molecule has 0 amide bonds. The van der Waals surface area contributed by atoms with Gasteiger partial charge in [-0.3, -0.25) is 9.59 Å². The first-order chi connectivity index (χ1) is 8.33. The molecule has 0 spiro atoms. The minimum Gasteiger partial charge on any atom is -0.481 e. The highest BCUT2D eigenvalue weighted by Crippen LogP contribution is 2.28. The van der Waals surface area contributed by atoms with Crippen LogP contribution in [-0.4, -0.2) is 22.2 Å². The van der Waals surface area contributed by atoms with Crippen LogP contribution in [0.25, 0.3) is 0 Å². The second-order valence-electron chi connectivity index (χ2n) is 4.56. The van der Waals surface area contributed by atoms with Crippen molar-refractivity contribution in [3.05, 3.63) is 34.3 Å². The number of aliphatic carboxylic acids is 2. The number of halogens is 1. The summed E-state index contributed by atoms with van der Waals surface area (Å²) >= 11 is 3.32. The van der Waals surface area contributed by atoms with Crippen LogP contribution in [0.5, 0.6) is 0 Å². The zero-order valence-electron chi connectivity index (χ0n) is 10.0. The Morgan fingerprint density at radius 2 is 1.78 bits per heavy atom. The molecule has 4 nitrogen and oxygen atoms in total. The van der Waals surface area contributed by atoms with Crippen molar-refractivity contribution in [3.63, 3.8) is 0 Å². The van der Waals surface area contributed by atoms with Gasteiger partial charge in [-0.1, -0.05) is 28.1 Å². The monoisotopic (exact) mass is 314 g/mol. The van der Waals surface area contributed by atoms with Gasteiger partial charge in [-0.05, 0) is 37.5 Å². The lowest BCUT2D eigenvalue weighted by molar-refractivity contribution is -0.155. The molecular weight excluding hydrogens is 300 g/mol. The number of aryl methyl sites for hydroxylation is 1. The minimum atomic E-state index is -1.22. The Kier molecular flexibility index (Phi) is 4.90. The predicted octanol–water partition coefficient (Wildman–Crippen LogP) is 2.95. The van der Waals surface area contributed by atoms with Crippen LogP contribution in [0.4, 0.5) is 0 Å². The molecule has 18 heavy (non-hydrogen) atoms. The van der Waals surface area contributed by atoms with Crippen molar-refractivity contribution in [2.24, 2.45) is 5.41 Å². The number of carboxylic acids is 2. The number of rotatable bonds is 6. The quantitative estimate of drug-likeness (QED) is 0.846. The van der Waals surface area contributed by atoms with E-state index in [1.807, 2.05) is 24.3 Å². The molecule has 0 radical (unpaired) electrons. The Morgan fingerprint density at radius 1 is 1.22 bits per heavy atom. The number of hydrogen-bond acceptors (Lipinski definition) is 2. The van der Waals surface area contributed by atoms with Crippen LogP contribution in [0.15, 0.2) is 28.7 Å². The largest absolute Gasteiger partial charge is 0.481 e. The van der Waals surface area contributed by atoms with Gasteiger partial charge in [-0.15, -0.1) is 0 Å². The summed E-state index contributed by atoms with van der Waals surface area (Å²) < 4.78 is 0.956. The van der Waals surface area contributed by atoms with Crippen molar-refractivity contribution < 1.29 is 19.8 Å². The molecule has 1 atom stereocenters. The minimum absolute atomic E-state index is 0.302. The van der Waals surface area contributed by atoms with Crippen LogP contribution in [0.2, 0.25) is 0 Å². The Balaban J connectivity index is 2.71. The first-order valence-corrected chi connectivity index (χ1v) is 6.32. The Bertz CT molecular complexity index is 441. The average molecular weight is 315 g/mol. The third-order valence-corrected chi connectivity index (χ3v) is 3.47. The van der Waals surface area contributed by atoms with E-state index < -0.39 is 17.4 Å². The van der Waals surface area contributed by atoms with Gasteiger partial charge in [0.1, 0.15) is 0 Å². The van der Waals surface area contributed by atoms with Gasteiger partial charge in [0.2, 0.25) is 0 Å². The second-order valence-corrected chi connectivity index (χ2v) is 5.48. The lowest BCUT2D eigenvalue weighted by atomic mass is 9.81. The highest BCUT2D eigenvalue weighted by Gasteiger charge is 2.35. The Hall–Kier alpha value is -1.36. The summed E-state index contributed by atoms with van der Waals surface area (Å²) in [7, 11) is 0. The van der Waals surface area contributed by atoms with E-state index in [1.54, 1.807) is 0 Å². The summed E-state index contributed by atoms with van der Waals surface area (Å²) in [5, 5.41) is 17.9. The molecule has 0 unspecified atom stereocenters. The fourth-order valence-corrected chi connectivity index (χ4v) is 1.94. The first-order valence-electron chi connectivity index (χ1n) is 5.53. The summed E-state index contributed by atoms with van der Waals surface area (Å²) in [4.78, 5) is 21.9. The molecule has 0 aromatic heterocycles. The Labute approximate surface area is 114 Å². The van der Waals surface area contributed by atoms with Gasteiger partial charge in [0.15, 0.2) is 0 Å². The molecule has 0 saturated carbocycles. The molecule has 5 heteroatoms. The molecule has 1 rings (SSSR count). The van der Waals surface area contributed by atoms with Crippen LogP contribution in [0.3, 0.4) is 0 Å². The topological polar surface area (TPSA) is 74.6 Å². The maximum Gasteiger partial charge on any atom is 0.309 e. The van der Waals surface area contributed by atoms with E-state index in [4.69, 9.17) is 10.2 Å². The molecule has 0 heterocycles. The van der Waals surface area contributed by atoms with Crippen molar-refractivity contribution in [2.45, 2.75) is 26.2 Å². The SMILES string of the molecule is C[C@@](CCc1ccc(Br)cc1)(CC(=O)O)C(=O)O. The number of carboxylic acid groups (broad SMARTS) is 2. The molecule has 1 aromatic carbocycles. The standard InChI is InChI=1S/C13H15BrO4/c1-13(12(17)18,8-11(15)16)7-6-9-2-4-10(14)5-3-9/h2-5H,6-8H2,1H3,(H,15,16)(H,17,18)/t13-/m1/s1. The van der Waals surface area contributed by atoms with E-state index in [-0.39, 0.29) is 6.42 Å². The maximum atomic E-state index is 11.2. The van der Waals surface area contributed by atoms with Crippen molar-refractivity contribution in [1.82, 2.24) is 0 Å². The highest BCUT2D eigenvalue weighted by molar-refractivity contribution is 9.10. The molecule has 0 fully saturated rings. The van der Waals surface area contributed by atoms with E-state index in [9.17, 15) is 9.59 Å². The summed E-state index contributed by atoms with van der Waals surface area (Å²) in [6.45, 7) is 1.47. The first kappa shape index (κ1) is 14.7. The van der Waals surface area contributed by atoms with Gasteiger partial charge in [-0.2, -0.15) is 0 Å². The van der Waals surface area contributed by atoms with Gasteiger partial charge < -0.3 is 10.2 Å². The van der Waals surface area contributed by atoms with Gasteiger partial charge in [-0.25, -0.2) is 0 Å². The fourth-order valence-electron chi connectivity index (χ4n) is 1.68. The van der Waals surface area contributed by atoms with E-state index in [0.29, 0.717) is 12.8 Å². The lowest BCUT2D eigenvalue weighted by Crippen LogP contribution is -2.31. The zero-order valence-corrected chi connectivity index (χ0v) is 11.6. The third-order valence-electron chi connectivity index (χ3n) is 2.94. The van der Waals surface area contributed by atoms with Gasteiger partial charge >= 0.3 is 11.9 Å². The molecule has 0 bridgehead atoms. The van der Waals surface area contributed by atoms with Crippen LogP contribution in [0.1, 0.15) is 25.3 Å². The van der Waals surface area contributed by atoms with Crippen LogP contribution >= 0.6 is 15.9 Å². The lowest BCUT2D eigenvalue weighted by Gasteiger charge is -2.22. The summed E-state index contributed by atoms with van der Waals surface area (Å²) in [5.41, 5.74) is -0.227. The molecule has 98 valence electrons. The average Bonchev–Trinajstić information content (AvgIpc) is 2.27. The van der Waals surface area contributed by atoms with E-state index >= 15 is 0 Å². The van der Waals surface area contributed by atoms with Crippen LogP contribution < -0.4 is 0 Å². The van der Waals surface area contributed by atoms with Gasteiger partial charge in [0.25, 0.3) is 0 Å². The molecule has 2 N–H and O–H groups in total. The van der Waals surface area contributed by atoms with Crippen molar-refractivity contribution in [1.29, 1.82) is 0 Å². The second kappa shape index (κ2) is 6.00. The summed E-state index contributed by atoms with van der Waals surface area (Å²) in [6, 6.07) is 7.55. The molecular formula is C13H15BrO4. The Morgan fingerprint density at radius 3 is 2.22 bits per heavy atom. The summed E-state index contributed by atoms with van der Waals surface area (Å²) in [5.74, 6) is -2.15. The fraction of sp³-hybridized carbons (Fsp3) is 0.385. The van der Waals surface area contributed by atoms with Crippen molar-refractivity contribution >= 4 is 27.9 Å². The molecule has 0 saturated heterocycles. The maximum absolute atomic E-state index is 11.2. The third kappa shape index (κ3) is 4.14. The molecule has 0 aliphatic carbocycles. The smallest absolute Gasteiger partial charge is 0.309 e. The van der Waals surface area contributed by atoms with Crippen molar-refractivity contribution in [2.75, 3.05) is 0 Å². The van der Waals surface area contributed by atoms with E-state index in [1.165, 1.54) is 6.92 Å². The number of benzene rings is 1. The van der Waals surface area contributed by atoms with Crippen LogP contribution in [-0.2, 0) is 16.0 Å². The molecule has 0 aliphatic heterocycles. The zero-order chi connectivity index (χ0) is 13.8. The predicted molar refractivity (Wildman–Crippen MR) is 70.5 cm³/mol. The molecule has 0 aliphatic rings. The van der Waals surface area contributed by atoms with Gasteiger partial charge in [0.05, 0.1) is 11.8 Å². The number of hydrogen-bond donors (Lipinski definition) is 2. The van der Waals surface area contributed by atoms with E-state index in [0.717, 1.165) is 10.0 Å². The van der Waals surface area contributed by atoms with Crippen LogP contribution in [0, 0.1) is 5.41 Å².